The number of ether oxygens (including phenoxy) is 1. The van der Waals surface area contributed by atoms with Gasteiger partial charge in [0.05, 0.1) is 13.7 Å². The molecule has 5 nitrogen and oxygen atoms in total. The molecule has 1 amide bonds. The van der Waals surface area contributed by atoms with Crippen molar-refractivity contribution in [1.29, 1.82) is 0 Å². The molecule has 0 aliphatic heterocycles. The molecule has 0 spiro atoms. The van der Waals surface area contributed by atoms with E-state index in [9.17, 15) is 4.79 Å². The molecular formula is C20H17BrN2O3S. The topological polar surface area (TPSA) is 63.5 Å². The highest BCUT2D eigenvalue weighted by Gasteiger charge is 2.09. The first-order chi connectivity index (χ1) is 13.0. The van der Waals surface area contributed by atoms with E-state index in [1.807, 2.05) is 36.4 Å². The van der Waals surface area contributed by atoms with Gasteiger partial charge in [0, 0.05) is 15.6 Å². The lowest BCUT2D eigenvalue weighted by Crippen LogP contribution is -2.38. The van der Waals surface area contributed by atoms with E-state index >= 15 is 0 Å². The van der Waals surface area contributed by atoms with Gasteiger partial charge in [-0.25, -0.2) is 0 Å². The Hall–Kier alpha value is -2.64. The monoisotopic (exact) mass is 444 g/mol. The molecule has 0 unspecified atom stereocenters. The number of benzene rings is 2. The van der Waals surface area contributed by atoms with Crippen LogP contribution in [0.3, 0.4) is 0 Å². The number of halogens is 1. The molecule has 1 aromatic heterocycles. The Bertz CT molecular complexity index is 937. The van der Waals surface area contributed by atoms with Gasteiger partial charge in [0.1, 0.15) is 17.3 Å². The fraction of sp³-hybridized carbons (Fsp3) is 0.100. The highest BCUT2D eigenvalue weighted by atomic mass is 79.9. The summed E-state index contributed by atoms with van der Waals surface area (Å²) in [4.78, 5) is 12.2. The molecule has 3 aromatic rings. The molecule has 7 heteroatoms. The number of thiocarbonyl (C=S) groups is 1. The van der Waals surface area contributed by atoms with E-state index in [0.717, 1.165) is 15.8 Å². The second-order valence-electron chi connectivity index (χ2n) is 5.64. The standard InChI is InChI=1S/C20H17BrN2O3S/c1-25-16-8-4-14(5-9-16)19(24)23-20(27)22-12-17-10-11-18(26-17)13-2-6-15(21)7-3-13/h2-11H,12H2,1H3,(H2,22,23,24,27). The molecule has 1 heterocycles. The third-order valence-electron chi connectivity index (χ3n) is 3.79. The quantitative estimate of drug-likeness (QED) is 0.566. The van der Waals surface area contributed by atoms with Crippen LogP contribution in [0.1, 0.15) is 16.1 Å². The van der Waals surface area contributed by atoms with Crippen LogP contribution in [0.15, 0.2) is 69.6 Å². The second kappa shape index (κ2) is 8.83. The predicted molar refractivity (Wildman–Crippen MR) is 112 cm³/mol. The SMILES string of the molecule is COc1ccc(C(=O)NC(=S)NCc2ccc(-c3ccc(Br)cc3)o2)cc1. The van der Waals surface area contributed by atoms with Crippen LogP contribution >= 0.6 is 28.1 Å². The fourth-order valence-electron chi connectivity index (χ4n) is 2.37. The second-order valence-corrected chi connectivity index (χ2v) is 6.96. The van der Waals surface area contributed by atoms with Gasteiger partial charge in [-0.05, 0) is 60.7 Å². The van der Waals surface area contributed by atoms with E-state index in [4.69, 9.17) is 21.4 Å². The van der Waals surface area contributed by atoms with Gasteiger partial charge < -0.3 is 14.5 Å². The fourth-order valence-corrected chi connectivity index (χ4v) is 2.80. The molecule has 138 valence electrons. The summed E-state index contributed by atoms with van der Waals surface area (Å²) >= 11 is 8.59. The van der Waals surface area contributed by atoms with Crippen LogP contribution in [0.5, 0.6) is 5.75 Å². The van der Waals surface area contributed by atoms with Crippen molar-refractivity contribution >= 4 is 39.2 Å². The van der Waals surface area contributed by atoms with Crippen molar-refractivity contribution in [2.24, 2.45) is 0 Å². The molecule has 0 radical (unpaired) electrons. The third kappa shape index (κ3) is 5.18. The van der Waals surface area contributed by atoms with Crippen LogP contribution in [-0.4, -0.2) is 18.1 Å². The lowest BCUT2D eigenvalue weighted by Gasteiger charge is -2.09. The lowest BCUT2D eigenvalue weighted by atomic mass is 10.2. The molecule has 0 aliphatic carbocycles. The van der Waals surface area contributed by atoms with Crippen molar-refractivity contribution in [2.75, 3.05) is 7.11 Å². The number of carbonyl (C=O) groups is 1. The maximum atomic E-state index is 12.2. The van der Waals surface area contributed by atoms with E-state index < -0.39 is 0 Å². The summed E-state index contributed by atoms with van der Waals surface area (Å²) in [6, 6.07) is 18.4. The number of nitrogens with one attached hydrogen (secondary N) is 2. The summed E-state index contributed by atoms with van der Waals surface area (Å²) in [5, 5.41) is 5.85. The molecule has 0 atom stereocenters. The molecule has 0 saturated carbocycles. The van der Waals surface area contributed by atoms with Gasteiger partial charge in [0.2, 0.25) is 0 Å². The Balaban J connectivity index is 1.53. The van der Waals surface area contributed by atoms with E-state index in [1.54, 1.807) is 31.4 Å². The smallest absolute Gasteiger partial charge is 0.257 e. The first-order valence-corrected chi connectivity index (χ1v) is 9.33. The van der Waals surface area contributed by atoms with Crippen molar-refractivity contribution in [2.45, 2.75) is 6.54 Å². The number of hydrogen-bond acceptors (Lipinski definition) is 4. The summed E-state index contributed by atoms with van der Waals surface area (Å²) in [5.74, 6) is 1.89. The zero-order chi connectivity index (χ0) is 19.2. The predicted octanol–water partition coefficient (Wildman–Crippen LogP) is 4.52. The zero-order valence-electron chi connectivity index (χ0n) is 14.5. The molecule has 0 aliphatic rings. The van der Waals surface area contributed by atoms with E-state index in [0.29, 0.717) is 23.6 Å². The average Bonchev–Trinajstić information content (AvgIpc) is 3.16. The van der Waals surface area contributed by atoms with Gasteiger partial charge in [0.15, 0.2) is 5.11 Å². The van der Waals surface area contributed by atoms with Crippen LogP contribution in [0.25, 0.3) is 11.3 Å². The van der Waals surface area contributed by atoms with E-state index in [1.165, 1.54) is 0 Å². The molecule has 3 rings (SSSR count). The van der Waals surface area contributed by atoms with Crippen LogP contribution < -0.4 is 15.4 Å². The minimum atomic E-state index is -0.287. The van der Waals surface area contributed by atoms with Gasteiger partial charge >= 0.3 is 0 Å². The van der Waals surface area contributed by atoms with Gasteiger partial charge in [0.25, 0.3) is 5.91 Å². The summed E-state index contributed by atoms with van der Waals surface area (Å²) in [6.07, 6.45) is 0. The summed E-state index contributed by atoms with van der Waals surface area (Å²) in [6.45, 7) is 0.373. The highest BCUT2D eigenvalue weighted by Crippen LogP contribution is 2.23. The summed E-state index contributed by atoms with van der Waals surface area (Å²) in [5.41, 5.74) is 1.48. The third-order valence-corrected chi connectivity index (χ3v) is 4.57. The Morgan fingerprint density at radius 3 is 2.44 bits per heavy atom. The minimum absolute atomic E-state index is 0.234. The normalized spacial score (nSPS) is 10.3. The molecule has 0 saturated heterocycles. The van der Waals surface area contributed by atoms with E-state index in [2.05, 4.69) is 26.6 Å². The number of hydrogen-bond donors (Lipinski definition) is 2. The number of amides is 1. The van der Waals surface area contributed by atoms with Crippen LogP contribution in [0, 0.1) is 0 Å². The zero-order valence-corrected chi connectivity index (χ0v) is 16.9. The Labute approximate surface area is 170 Å². The molecule has 27 heavy (non-hydrogen) atoms. The van der Waals surface area contributed by atoms with Crippen molar-refractivity contribution in [3.63, 3.8) is 0 Å². The Kier molecular flexibility index (Phi) is 6.26. The molecular weight excluding hydrogens is 428 g/mol. The summed E-state index contributed by atoms with van der Waals surface area (Å²) in [7, 11) is 1.57. The van der Waals surface area contributed by atoms with Gasteiger partial charge in [-0.1, -0.05) is 28.1 Å². The van der Waals surface area contributed by atoms with Crippen molar-refractivity contribution in [3.05, 3.63) is 76.5 Å². The Morgan fingerprint density at radius 1 is 1.07 bits per heavy atom. The van der Waals surface area contributed by atoms with Crippen LogP contribution in [0.4, 0.5) is 0 Å². The maximum absolute atomic E-state index is 12.2. The van der Waals surface area contributed by atoms with Crippen molar-refractivity contribution in [1.82, 2.24) is 10.6 Å². The number of furan rings is 1. The first kappa shape index (κ1) is 19.1. The number of rotatable bonds is 5. The number of carbonyl (C=O) groups excluding carboxylic acids is 1. The maximum Gasteiger partial charge on any atom is 0.257 e. The van der Waals surface area contributed by atoms with Crippen LogP contribution in [-0.2, 0) is 6.54 Å². The van der Waals surface area contributed by atoms with Crippen LogP contribution in [0.2, 0.25) is 0 Å². The van der Waals surface area contributed by atoms with Crippen molar-refractivity contribution in [3.8, 4) is 17.1 Å². The first-order valence-electron chi connectivity index (χ1n) is 8.13. The average molecular weight is 445 g/mol. The summed E-state index contributed by atoms with van der Waals surface area (Å²) < 4.78 is 11.9. The molecule has 0 bridgehead atoms. The molecule has 2 aromatic carbocycles. The minimum Gasteiger partial charge on any atom is -0.497 e. The van der Waals surface area contributed by atoms with Gasteiger partial charge in [-0.15, -0.1) is 0 Å². The van der Waals surface area contributed by atoms with Gasteiger partial charge in [-0.2, -0.15) is 0 Å². The highest BCUT2D eigenvalue weighted by molar-refractivity contribution is 9.10. The van der Waals surface area contributed by atoms with Crippen molar-refractivity contribution < 1.29 is 13.9 Å². The Morgan fingerprint density at radius 2 is 1.78 bits per heavy atom. The molecule has 0 fully saturated rings. The van der Waals surface area contributed by atoms with Gasteiger partial charge in [-0.3, -0.25) is 10.1 Å². The molecule has 2 N–H and O–H groups in total. The van der Waals surface area contributed by atoms with E-state index in [-0.39, 0.29) is 11.0 Å². The lowest BCUT2D eigenvalue weighted by molar-refractivity contribution is 0.0976. The largest absolute Gasteiger partial charge is 0.497 e. The number of methoxy groups -OCH3 is 1.